The summed E-state index contributed by atoms with van der Waals surface area (Å²) in [5, 5.41) is 3.69. The highest BCUT2D eigenvalue weighted by atomic mass is 14.9. The summed E-state index contributed by atoms with van der Waals surface area (Å²) in [4.78, 5) is 0. The smallest absolute Gasteiger partial charge is 0.00107 e. The zero-order valence-electron chi connectivity index (χ0n) is 10.0. The Labute approximate surface area is 88.7 Å². The second-order valence-electron chi connectivity index (χ2n) is 6.65. The Hall–Kier alpha value is -0.0400. The van der Waals surface area contributed by atoms with Crippen molar-refractivity contribution < 1.29 is 0 Å². The van der Waals surface area contributed by atoms with Crippen LogP contribution in [0.15, 0.2) is 0 Å². The first-order chi connectivity index (χ1) is 6.52. The van der Waals surface area contributed by atoms with Crippen LogP contribution in [0.3, 0.4) is 0 Å². The van der Waals surface area contributed by atoms with Crippen molar-refractivity contribution in [1.29, 1.82) is 0 Å². The van der Waals surface area contributed by atoms with E-state index in [-0.39, 0.29) is 0 Å². The molecular formula is C13H25N. The van der Waals surface area contributed by atoms with E-state index < -0.39 is 0 Å². The minimum absolute atomic E-state index is 0.439. The summed E-state index contributed by atoms with van der Waals surface area (Å²) in [6.07, 6.45) is 7.49. The Morgan fingerprint density at radius 3 is 2.21 bits per heavy atom. The first-order valence-corrected chi connectivity index (χ1v) is 6.23. The summed E-state index contributed by atoms with van der Waals surface area (Å²) in [5.74, 6) is 1.09. The third-order valence-corrected chi connectivity index (χ3v) is 3.93. The molecule has 0 unspecified atom stereocenters. The van der Waals surface area contributed by atoms with Gasteiger partial charge in [0.1, 0.15) is 0 Å². The van der Waals surface area contributed by atoms with Crippen LogP contribution in [-0.4, -0.2) is 13.1 Å². The Bertz CT molecular complexity index is 194. The Morgan fingerprint density at radius 2 is 1.86 bits per heavy atom. The van der Waals surface area contributed by atoms with Gasteiger partial charge < -0.3 is 5.32 Å². The summed E-state index contributed by atoms with van der Waals surface area (Å²) in [6, 6.07) is 0. The lowest BCUT2D eigenvalue weighted by atomic mass is 9.65. The Kier molecular flexibility index (Phi) is 2.63. The highest BCUT2D eigenvalue weighted by Gasteiger charge is 2.48. The topological polar surface area (TPSA) is 12.0 Å². The van der Waals surface area contributed by atoms with Gasteiger partial charge in [0.15, 0.2) is 0 Å². The average Bonchev–Trinajstić information content (AvgIpc) is 2.74. The van der Waals surface area contributed by atoms with Gasteiger partial charge in [-0.1, -0.05) is 27.2 Å². The minimum atomic E-state index is 0.439. The molecule has 0 aromatic rings. The molecule has 1 heteroatoms. The molecule has 82 valence electrons. The second kappa shape index (κ2) is 3.52. The summed E-state index contributed by atoms with van der Waals surface area (Å²) in [7, 11) is 0. The SMILES string of the molecule is CC(C)(C)CNCC1(C2CC2)CCC1. The van der Waals surface area contributed by atoms with Gasteiger partial charge >= 0.3 is 0 Å². The predicted molar refractivity (Wildman–Crippen MR) is 61.3 cm³/mol. The zero-order chi connectivity index (χ0) is 10.2. The van der Waals surface area contributed by atoms with Gasteiger partial charge in [-0.25, -0.2) is 0 Å². The maximum atomic E-state index is 3.69. The van der Waals surface area contributed by atoms with Crippen molar-refractivity contribution in [3.63, 3.8) is 0 Å². The first-order valence-electron chi connectivity index (χ1n) is 6.23. The van der Waals surface area contributed by atoms with E-state index in [1.54, 1.807) is 0 Å². The quantitative estimate of drug-likeness (QED) is 0.726. The van der Waals surface area contributed by atoms with Gasteiger partial charge in [0, 0.05) is 13.1 Å². The Morgan fingerprint density at radius 1 is 1.21 bits per heavy atom. The van der Waals surface area contributed by atoms with E-state index in [4.69, 9.17) is 0 Å². The second-order valence-corrected chi connectivity index (χ2v) is 6.65. The first kappa shape index (κ1) is 10.5. The lowest BCUT2D eigenvalue weighted by Gasteiger charge is -2.43. The van der Waals surface area contributed by atoms with Crippen LogP contribution < -0.4 is 5.32 Å². The molecule has 14 heavy (non-hydrogen) atoms. The molecule has 0 radical (unpaired) electrons. The molecule has 2 rings (SSSR count). The third-order valence-electron chi connectivity index (χ3n) is 3.93. The van der Waals surface area contributed by atoms with E-state index in [9.17, 15) is 0 Å². The normalized spacial score (nSPS) is 25.9. The van der Waals surface area contributed by atoms with Gasteiger partial charge in [-0.05, 0) is 42.4 Å². The highest BCUT2D eigenvalue weighted by molar-refractivity contribution is 5.00. The average molecular weight is 195 g/mol. The van der Waals surface area contributed by atoms with Crippen LogP contribution in [0.25, 0.3) is 0 Å². The van der Waals surface area contributed by atoms with Crippen molar-refractivity contribution in [3.05, 3.63) is 0 Å². The number of hydrogen-bond donors (Lipinski definition) is 1. The van der Waals surface area contributed by atoms with Crippen molar-refractivity contribution in [2.75, 3.05) is 13.1 Å². The largest absolute Gasteiger partial charge is 0.316 e. The number of hydrogen-bond acceptors (Lipinski definition) is 1. The van der Waals surface area contributed by atoms with Crippen LogP contribution in [0.5, 0.6) is 0 Å². The van der Waals surface area contributed by atoms with Crippen molar-refractivity contribution in [2.45, 2.75) is 52.9 Å². The molecule has 0 bridgehead atoms. The maximum Gasteiger partial charge on any atom is 0.00107 e. The lowest BCUT2D eigenvalue weighted by molar-refractivity contribution is 0.0955. The fourth-order valence-electron chi connectivity index (χ4n) is 2.74. The molecule has 2 aliphatic carbocycles. The van der Waals surface area contributed by atoms with Crippen LogP contribution in [0.4, 0.5) is 0 Å². The highest BCUT2D eigenvalue weighted by Crippen LogP contribution is 2.56. The lowest BCUT2D eigenvalue weighted by Crippen LogP contribution is -2.43. The molecule has 2 saturated carbocycles. The van der Waals surface area contributed by atoms with Crippen LogP contribution in [-0.2, 0) is 0 Å². The third kappa shape index (κ3) is 2.31. The molecule has 0 saturated heterocycles. The molecule has 0 heterocycles. The van der Waals surface area contributed by atoms with Crippen LogP contribution in [0.1, 0.15) is 52.9 Å². The van der Waals surface area contributed by atoms with E-state index in [1.807, 2.05) is 0 Å². The van der Waals surface area contributed by atoms with E-state index in [2.05, 4.69) is 26.1 Å². The van der Waals surface area contributed by atoms with Crippen LogP contribution in [0.2, 0.25) is 0 Å². The van der Waals surface area contributed by atoms with Gasteiger partial charge in [0.2, 0.25) is 0 Å². The van der Waals surface area contributed by atoms with Gasteiger partial charge in [-0.15, -0.1) is 0 Å². The Balaban J connectivity index is 1.73. The fourth-order valence-corrected chi connectivity index (χ4v) is 2.74. The molecule has 0 aromatic carbocycles. The van der Waals surface area contributed by atoms with Gasteiger partial charge in [-0.2, -0.15) is 0 Å². The molecule has 0 amide bonds. The summed E-state index contributed by atoms with van der Waals surface area (Å²) >= 11 is 0. The molecule has 0 aliphatic heterocycles. The molecule has 2 fully saturated rings. The molecule has 0 aromatic heterocycles. The van der Waals surface area contributed by atoms with Gasteiger partial charge in [0.25, 0.3) is 0 Å². The summed E-state index contributed by atoms with van der Waals surface area (Å²) < 4.78 is 0. The zero-order valence-corrected chi connectivity index (χ0v) is 10.0. The van der Waals surface area contributed by atoms with Gasteiger partial charge in [-0.3, -0.25) is 0 Å². The van der Waals surface area contributed by atoms with E-state index in [0.29, 0.717) is 5.41 Å². The summed E-state index contributed by atoms with van der Waals surface area (Å²) in [6.45, 7) is 9.39. The molecule has 1 nitrogen and oxygen atoms in total. The minimum Gasteiger partial charge on any atom is -0.316 e. The molecular weight excluding hydrogens is 170 g/mol. The molecule has 2 aliphatic rings. The fraction of sp³-hybridized carbons (Fsp3) is 1.00. The maximum absolute atomic E-state index is 3.69. The monoisotopic (exact) mass is 195 g/mol. The van der Waals surface area contributed by atoms with Crippen molar-refractivity contribution in [1.82, 2.24) is 5.32 Å². The van der Waals surface area contributed by atoms with E-state index in [0.717, 1.165) is 11.3 Å². The molecule has 1 N–H and O–H groups in total. The van der Waals surface area contributed by atoms with Crippen LogP contribution in [0, 0.1) is 16.7 Å². The van der Waals surface area contributed by atoms with Gasteiger partial charge in [0.05, 0.1) is 0 Å². The standard InChI is InChI=1S/C13H25N/c1-12(2,3)9-14-10-13(7-4-8-13)11-5-6-11/h11,14H,4-10H2,1-3H3. The summed E-state index contributed by atoms with van der Waals surface area (Å²) in [5.41, 5.74) is 1.18. The van der Waals surface area contributed by atoms with Crippen LogP contribution >= 0.6 is 0 Å². The molecule has 0 spiro atoms. The van der Waals surface area contributed by atoms with Crippen molar-refractivity contribution in [3.8, 4) is 0 Å². The number of rotatable bonds is 4. The van der Waals surface area contributed by atoms with E-state index in [1.165, 1.54) is 45.2 Å². The molecule has 0 atom stereocenters. The predicted octanol–water partition coefficient (Wildman–Crippen LogP) is 3.20. The van der Waals surface area contributed by atoms with Crippen molar-refractivity contribution >= 4 is 0 Å². The van der Waals surface area contributed by atoms with Crippen molar-refractivity contribution in [2.24, 2.45) is 16.7 Å². The number of nitrogens with one attached hydrogen (secondary N) is 1. The van der Waals surface area contributed by atoms with E-state index >= 15 is 0 Å².